The summed E-state index contributed by atoms with van der Waals surface area (Å²) in [5, 5.41) is 2.79. The minimum Gasteiger partial charge on any atom is -0.497 e. The summed E-state index contributed by atoms with van der Waals surface area (Å²) in [6.07, 6.45) is 4.27. The molecule has 1 N–H and O–H groups in total. The molecule has 2 aliphatic heterocycles. The van der Waals surface area contributed by atoms with Crippen LogP contribution in [0, 0.1) is 0 Å². The zero-order chi connectivity index (χ0) is 17.6. The summed E-state index contributed by atoms with van der Waals surface area (Å²) in [6.45, 7) is 3.15. The van der Waals surface area contributed by atoms with Gasteiger partial charge in [0.1, 0.15) is 5.75 Å². The van der Waals surface area contributed by atoms with Gasteiger partial charge in [0.05, 0.1) is 13.7 Å². The smallest absolute Gasteiger partial charge is 0.317 e. The normalized spacial score (nSPS) is 20.4. The Balaban J connectivity index is 1.46. The Hall–Kier alpha value is -2.24. The SMILES string of the molecule is COc1ccc([C@H]2CCN(C(=O)NCC(=O)N3CCCCC3)C2)cc1. The van der Waals surface area contributed by atoms with E-state index in [2.05, 4.69) is 17.4 Å². The third kappa shape index (κ3) is 4.44. The van der Waals surface area contributed by atoms with E-state index < -0.39 is 0 Å². The summed E-state index contributed by atoms with van der Waals surface area (Å²) < 4.78 is 5.19. The molecule has 0 bridgehead atoms. The number of hydrogen-bond acceptors (Lipinski definition) is 3. The summed E-state index contributed by atoms with van der Waals surface area (Å²) >= 11 is 0. The Bertz CT molecular complexity index is 596. The summed E-state index contributed by atoms with van der Waals surface area (Å²) in [5.74, 6) is 1.21. The standard InChI is InChI=1S/C19H27N3O3/c1-25-17-7-5-15(6-8-17)16-9-12-22(14-16)19(24)20-13-18(23)21-10-3-2-4-11-21/h5-8,16H,2-4,9-14H2,1H3,(H,20,24)/t16-/m0/s1. The molecule has 2 heterocycles. The number of ether oxygens (including phenoxy) is 1. The van der Waals surface area contributed by atoms with E-state index in [1.54, 1.807) is 12.0 Å². The van der Waals surface area contributed by atoms with Crippen LogP contribution >= 0.6 is 0 Å². The van der Waals surface area contributed by atoms with Gasteiger partial charge in [0.25, 0.3) is 0 Å². The molecule has 1 aromatic rings. The fourth-order valence-electron chi connectivity index (χ4n) is 3.61. The number of nitrogens with zero attached hydrogens (tertiary/aromatic N) is 2. The Morgan fingerprint density at radius 2 is 1.80 bits per heavy atom. The third-order valence-electron chi connectivity index (χ3n) is 5.16. The fraction of sp³-hybridized carbons (Fsp3) is 0.579. The van der Waals surface area contributed by atoms with Crippen LogP contribution in [0.5, 0.6) is 5.75 Å². The van der Waals surface area contributed by atoms with Gasteiger partial charge < -0.3 is 19.9 Å². The number of benzene rings is 1. The third-order valence-corrected chi connectivity index (χ3v) is 5.16. The van der Waals surface area contributed by atoms with Crippen LogP contribution in [0.3, 0.4) is 0 Å². The first-order chi connectivity index (χ1) is 12.2. The van der Waals surface area contributed by atoms with Crippen LogP contribution in [-0.2, 0) is 4.79 Å². The van der Waals surface area contributed by atoms with Gasteiger partial charge in [-0.1, -0.05) is 12.1 Å². The summed E-state index contributed by atoms with van der Waals surface area (Å²) in [4.78, 5) is 28.1. The number of amides is 3. The maximum absolute atomic E-state index is 12.3. The van der Waals surface area contributed by atoms with Crippen LogP contribution in [0.2, 0.25) is 0 Å². The quantitative estimate of drug-likeness (QED) is 0.910. The number of likely N-dealkylation sites (tertiary alicyclic amines) is 2. The van der Waals surface area contributed by atoms with Crippen molar-refractivity contribution in [2.75, 3.05) is 39.8 Å². The fourth-order valence-corrected chi connectivity index (χ4v) is 3.61. The van der Waals surface area contributed by atoms with Crippen LogP contribution in [-0.4, -0.2) is 61.6 Å². The van der Waals surface area contributed by atoms with Crippen molar-refractivity contribution in [2.45, 2.75) is 31.6 Å². The summed E-state index contributed by atoms with van der Waals surface area (Å²) in [6, 6.07) is 7.89. The largest absolute Gasteiger partial charge is 0.497 e. The van der Waals surface area contributed by atoms with Crippen molar-refractivity contribution in [3.05, 3.63) is 29.8 Å². The first-order valence-electron chi connectivity index (χ1n) is 9.12. The molecule has 3 rings (SSSR count). The van der Waals surface area contributed by atoms with Crippen molar-refractivity contribution in [1.82, 2.24) is 15.1 Å². The van der Waals surface area contributed by atoms with Crippen LogP contribution in [0.25, 0.3) is 0 Å². The molecular weight excluding hydrogens is 318 g/mol. The van der Waals surface area contributed by atoms with Crippen molar-refractivity contribution in [2.24, 2.45) is 0 Å². The van der Waals surface area contributed by atoms with Gasteiger partial charge >= 0.3 is 6.03 Å². The van der Waals surface area contributed by atoms with Crippen molar-refractivity contribution in [1.29, 1.82) is 0 Å². The van der Waals surface area contributed by atoms with Crippen LogP contribution < -0.4 is 10.1 Å². The summed E-state index contributed by atoms with van der Waals surface area (Å²) in [7, 11) is 1.65. The first kappa shape index (κ1) is 17.6. The molecule has 6 nitrogen and oxygen atoms in total. The van der Waals surface area contributed by atoms with E-state index in [0.717, 1.165) is 44.6 Å². The minimum atomic E-state index is -0.138. The van der Waals surface area contributed by atoms with E-state index in [1.165, 1.54) is 12.0 Å². The van der Waals surface area contributed by atoms with E-state index >= 15 is 0 Å². The van der Waals surface area contributed by atoms with Gasteiger partial charge in [0.2, 0.25) is 5.91 Å². The van der Waals surface area contributed by atoms with Gasteiger partial charge in [-0.25, -0.2) is 4.79 Å². The monoisotopic (exact) mass is 345 g/mol. The lowest BCUT2D eigenvalue weighted by molar-refractivity contribution is -0.130. The van der Waals surface area contributed by atoms with Gasteiger partial charge in [-0.05, 0) is 43.4 Å². The average Bonchev–Trinajstić information content (AvgIpc) is 3.17. The average molecular weight is 345 g/mol. The van der Waals surface area contributed by atoms with Gasteiger partial charge in [-0.2, -0.15) is 0 Å². The second-order valence-electron chi connectivity index (χ2n) is 6.80. The minimum absolute atomic E-state index is 0.0268. The zero-order valence-corrected chi connectivity index (χ0v) is 14.9. The number of methoxy groups -OCH3 is 1. The molecule has 0 radical (unpaired) electrons. The van der Waals surface area contributed by atoms with Crippen molar-refractivity contribution >= 4 is 11.9 Å². The molecule has 6 heteroatoms. The van der Waals surface area contributed by atoms with Gasteiger partial charge in [0.15, 0.2) is 0 Å². The maximum atomic E-state index is 12.3. The lowest BCUT2D eigenvalue weighted by Gasteiger charge is -2.27. The zero-order valence-electron chi connectivity index (χ0n) is 14.9. The Labute approximate surface area is 149 Å². The number of carbonyl (C=O) groups excluding carboxylic acids is 2. The highest BCUT2D eigenvalue weighted by Crippen LogP contribution is 2.28. The number of nitrogens with one attached hydrogen (secondary N) is 1. The van der Waals surface area contributed by atoms with Gasteiger partial charge in [-0.3, -0.25) is 4.79 Å². The molecule has 2 fully saturated rings. The van der Waals surface area contributed by atoms with E-state index in [-0.39, 0.29) is 18.5 Å². The second kappa shape index (κ2) is 8.23. The highest BCUT2D eigenvalue weighted by atomic mass is 16.5. The van der Waals surface area contributed by atoms with Crippen LogP contribution in [0.15, 0.2) is 24.3 Å². The van der Waals surface area contributed by atoms with Crippen LogP contribution in [0.4, 0.5) is 4.79 Å². The molecule has 0 spiro atoms. The van der Waals surface area contributed by atoms with Crippen molar-refractivity contribution in [3.8, 4) is 5.75 Å². The van der Waals surface area contributed by atoms with E-state index in [9.17, 15) is 9.59 Å². The molecule has 2 aliphatic rings. The number of hydrogen-bond donors (Lipinski definition) is 1. The molecular formula is C19H27N3O3. The molecule has 0 aliphatic carbocycles. The topological polar surface area (TPSA) is 61.9 Å². The second-order valence-corrected chi connectivity index (χ2v) is 6.80. The van der Waals surface area contributed by atoms with Gasteiger partial charge in [-0.15, -0.1) is 0 Å². The number of rotatable bonds is 4. The van der Waals surface area contributed by atoms with E-state index in [1.807, 2.05) is 17.0 Å². The van der Waals surface area contributed by atoms with Crippen molar-refractivity contribution in [3.63, 3.8) is 0 Å². The molecule has 1 atom stereocenters. The highest BCUT2D eigenvalue weighted by Gasteiger charge is 2.28. The molecule has 25 heavy (non-hydrogen) atoms. The Kier molecular flexibility index (Phi) is 5.79. The predicted molar refractivity (Wildman–Crippen MR) is 95.8 cm³/mol. The number of urea groups is 1. The van der Waals surface area contributed by atoms with E-state index in [0.29, 0.717) is 12.5 Å². The molecule has 136 valence electrons. The summed E-state index contributed by atoms with van der Waals surface area (Å²) in [5.41, 5.74) is 1.22. The highest BCUT2D eigenvalue weighted by molar-refractivity contribution is 5.84. The molecule has 0 aromatic heterocycles. The molecule has 1 aromatic carbocycles. The van der Waals surface area contributed by atoms with Crippen molar-refractivity contribution < 1.29 is 14.3 Å². The Morgan fingerprint density at radius 3 is 2.48 bits per heavy atom. The predicted octanol–water partition coefficient (Wildman–Crippen LogP) is 2.21. The Morgan fingerprint density at radius 1 is 1.08 bits per heavy atom. The first-order valence-corrected chi connectivity index (χ1v) is 9.12. The lowest BCUT2D eigenvalue weighted by atomic mass is 9.98. The van der Waals surface area contributed by atoms with Gasteiger partial charge in [0, 0.05) is 32.1 Å². The van der Waals surface area contributed by atoms with E-state index in [4.69, 9.17) is 4.74 Å². The molecule has 0 saturated carbocycles. The molecule has 2 saturated heterocycles. The maximum Gasteiger partial charge on any atom is 0.317 e. The van der Waals surface area contributed by atoms with Crippen LogP contribution in [0.1, 0.15) is 37.2 Å². The number of carbonyl (C=O) groups is 2. The molecule has 0 unspecified atom stereocenters. The number of piperidine rings is 1. The lowest BCUT2D eigenvalue weighted by Crippen LogP contribution is -2.46. The molecule has 3 amide bonds.